The van der Waals surface area contributed by atoms with Crippen molar-refractivity contribution in [3.05, 3.63) is 63.1 Å². The predicted molar refractivity (Wildman–Crippen MR) is 102 cm³/mol. The fraction of sp³-hybridized carbons (Fsp3) is 0.300. The maximum atomic E-state index is 13.7. The molecule has 1 unspecified atom stereocenters. The van der Waals surface area contributed by atoms with Gasteiger partial charge in [0.2, 0.25) is 11.3 Å². The van der Waals surface area contributed by atoms with Crippen LogP contribution >= 0.6 is 0 Å². The van der Waals surface area contributed by atoms with Crippen molar-refractivity contribution in [1.82, 2.24) is 14.8 Å². The number of rotatable bonds is 6. The predicted octanol–water partition coefficient (Wildman–Crippen LogP) is 0.515. The van der Waals surface area contributed by atoms with E-state index in [1.807, 2.05) is 0 Å². The van der Waals surface area contributed by atoms with Gasteiger partial charge in [-0.3, -0.25) is 24.1 Å². The van der Waals surface area contributed by atoms with Gasteiger partial charge in [0.05, 0.1) is 0 Å². The molecular weight excluding hydrogens is 416 g/mol. The third kappa shape index (κ3) is 4.17. The van der Waals surface area contributed by atoms with Gasteiger partial charge in [0.25, 0.3) is 11.8 Å². The molecule has 11 heteroatoms. The number of fused-ring (bicyclic) bond motifs is 1. The molecular formula is C20H19F2N3O6. The summed E-state index contributed by atoms with van der Waals surface area (Å²) in [7, 11) is 0. The summed E-state index contributed by atoms with van der Waals surface area (Å²) in [6.45, 7) is 0.479. The number of carbonyl (C=O) groups is 3. The largest absolute Gasteiger partial charge is 0.503 e. The number of carbonyl (C=O) groups excluding carboxylic acids is 3. The Morgan fingerprint density at radius 1 is 1.26 bits per heavy atom. The Balaban J connectivity index is 1.90. The molecule has 3 amide bonds. The summed E-state index contributed by atoms with van der Waals surface area (Å²) in [6.07, 6.45) is 1.08. The summed E-state index contributed by atoms with van der Waals surface area (Å²) >= 11 is 0. The highest BCUT2D eigenvalue weighted by atomic mass is 19.1. The zero-order valence-electron chi connectivity index (χ0n) is 16.4. The van der Waals surface area contributed by atoms with Gasteiger partial charge in [-0.15, -0.1) is 0 Å². The van der Waals surface area contributed by atoms with Crippen molar-refractivity contribution in [1.29, 1.82) is 0 Å². The van der Waals surface area contributed by atoms with Crippen molar-refractivity contribution in [3.63, 3.8) is 0 Å². The highest BCUT2D eigenvalue weighted by molar-refractivity contribution is 6.08. The second kappa shape index (κ2) is 8.64. The first-order valence-electron chi connectivity index (χ1n) is 9.31. The number of amides is 3. The van der Waals surface area contributed by atoms with Crippen molar-refractivity contribution in [2.24, 2.45) is 0 Å². The minimum Gasteiger partial charge on any atom is -0.503 e. The van der Waals surface area contributed by atoms with Crippen LogP contribution < -0.4 is 10.7 Å². The van der Waals surface area contributed by atoms with Crippen molar-refractivity contribution in [3.8, 4) is 5.75 Å². The fourth-order valence-corrected chi connectivity index (χ4v) is 3.31. The van der Waals surface area contributed by atoms with E-state index >= 15 is 0 Å². The monoisotopic (exact) mass is 435 g/mol. The van der Waals surface area contributed by atoms with Gasteiger partial charge in [0.1, 0.15) is 23.7 Å². The molecule has 3 N–H and O–H groups in total. The molecule has 1 aromatic heterocycles. The molecule has 0 radical (unpaired) electrons. The number of aliphatic hydroxyl groups is 1. The van der Waals surface area contributed by atoms with E-state index in [2.05, 4.69) is 5.32 Å². The molecule has 0 aliphatic carbocycles. The summed E-state index contributed by atoms with van der Waals surface area (Å²) in [6, 6.07) is 2.11. The lowest BCUT2D eigenvalue weighted by Crippen LogP contribution is -2.50. The molecule has 1 aliphatic heterocycles. The van der Waals surface area contributed by atoms with Gasteiger partial charge >= 0.3 is 0 Å². The molecule has 0 saturated heterocycles. The zero-order valence-corrected chi connectivity index (χ0v) is 16.4. The summed E-state index contributed by atoms with van der Waals surface area (Å²) < 4.78 is 27.7. The first-order valence-corrected chi connectivity index (χ1v) is 9.31. The second-order valence-corrected chi connectivity index (χ2v) is 7.05. The van der Waals surface area contributed by atoms with E-state index in [1.165, 1.54) is 6.92 Å². The quantitative estimate of drug-likeness (QED) is 0.568. The van der Waals surface area contributed by atoms with Crippen LogP contribution in [-0.4, -0.2) is 50.1 Å². The number of aromatic hydroxyl groups is 1. The van der Waals surface area contributed by atoms with Crippen LogP contribution in [0, 0.1) is 11.6 Å². The van der Waals surface area contributed by atoms with Crippen LogP contribution in [0.2, 0.25) is 0 Å². The minimum absolute atomic E-state index is 0.0316. The van der Waals surface area contributed by atoms with E-state index < -0.39 is 64.4 Å². The molecule has 1 atom stereocenters. The average Bonchev–Trinajstić information content (AvgIpc) is 2.69. The molecule has 3 rings (SSSR count). The number of aromatic nitrogens is 1. The van der Waals surface area contributed by atoms with E-state index in [4.69, 9.17) is 5.11 Å². The van der Waals surface area contributed by atoms with Crippen LogP contribution in [0.15, 0.2) is 29.2 Å². The maximum Gasteiger partial charge on any atom is 0.281 e. The van der Waals surface area contributed by atoms with Gasteiger partial charge in [0, 0.05) is 37.0 Å². The number of hydrogen-bond donors (Lipinski definition) is 3. The summed E-state index contributed by atoms with van der Waals surface area (Å²) in [4.78, 5) is 50.9. The molecule has 164 valence electrons. The number of halogens is 2. The zero-order chi connectivity index (χ0) is 22.9. The molecule has 2 aromatic rings. The van der Waals surface area contributed by atoms with Crippen molar-refractivity contribution in [2.75, 3.05) is 6.61 Å². The normalized spacial score (nSPS) is 14.4. The van der Waals surface area contributed by atoms with E-state index in [1.54, 1.807) is 0 Å². The number of nitrogens with zero attached hydrogens (tertiary/aromatic N) is 2. The highest BCUT2D eigenvalue weighted by Crippen LogP contribution is 2.23. The molecule has 0 bridgehead atoms. The Labute approximate surface area is 174 Å². The standard InChI is InChI=1S/C20H19F2N3O6/c1-10(4-5-26)25-15(27)9-24-8-13(17(28)18(29)16(24)20(25)31)19(30)23-7-11-2-3-12(21)6-14(11)22/h2-3,6,8,10,26,29H,4-5,7,9H2,1H3,(H,23,30). The molecule has 1 aromatic carbocycles. The van der Waals surface area contributed by atoms with Crippen LogP contribution in [0.25, 0.3) is 0 Å². The van der Waals surface area contributed by atoms with Crippen LogP contribution in [0.5, 0.6) is 5.75 Å². The van der Waals surface area contributed by atoms with E-state index in [9.17, 15) is 33.1 Å². The topological polar surface area (TPSA) is 129 Å². The smallest absolute Gasteiger partial charge is 0.281 e. The number of nitrogens with one attached hydrogen (secondary N) is 1. The van der Waals surface area contributed by atoms with E-state index in [-0.39, 0.29) is 25.1 Å². The molecule has 31 heavy (non-hydrogen) atoms. The van der Waals surface area contributed by atoms with E-state index in [0.29, 0.717) is 6.07 Å². The lowest BCUT2D eigenvalue weighted by molar-refractivity contribution is -0.132. The third-order valence-corrected chi connectivity index (χ3v) is 4.94. The number of imide groups is 1. The minimum atomic E-state index is -1.14. The maximum absolute atomic E-state index is 13.7. The van der Waals surface area contributed by atoms with Gasteiger partial charge in [-0.1, -0.05) is 6.07 Å². The van der Waals surface area contributed by atoms with Crippen molar-refractivity contribution in [2.45, 2.75) is 32.5 Å². The molecule has 9 nitrogen and oxygen atoms in total. The number of aliphatic hydroxyl groups excluding tert-OH is 1. The highest BCUT2D eigenvalue weighted by Gasteiger charge is 2.37. The summed E-state index contributed by atoms with van der Waals surface area (Å²) in [5, 5.41) is 21.6. The lowest BCUT2D eigenvalue weighted by Gasteiger charge is -2.32. The summed E-state index contributed by atoms with van der Waals surface area (Å²) in [5.41, 5.74) is -2.17. The number of benzene rings is 1. The molecule has 0 fully saturated rings. The molecule has 0 saturated carbocycles. The van der Waals surface area contributed by atoms with Gasteiger partial charge in [-0.05, 0) is 19.4 Å². The molecule has 1 aliphatic rings. The Morgan fingerprint density at radius 2 is 1.97 bits per heavy atom. The van der Waals surface area contributed by atoms with Crippen LogP contribution in [-0.2, 0) is 17.9 Å². The van der Waals surface area contributed by atoms with Crippen LogP contribution in [0.3, 0.4) is 0 Å². The molecule has 0 spiro atoms. The third-order valence-electron chi connectivity index (χ3n) is 4.94. The SMILES string of the molecule is CC(CCO)N1C(=O)Cn2cc(C(=O)NCc3ccc(F)cc3F)c(=O)c(O)c2C1=O. The van der Waals surface area contributed by atoms with Gasteiger partial charge in [-0.25, -0.2) is 8.78 Å². The van der Waals surface area contributed by atoms with Crippen molar-refractivity contribution >= 4 is 17.7 Å². The Hall–Kier alpha value is -3.60. The van der Waals surface area contributed by atoms with Crippen molar-refractivity contribution < 1.29 is 33.4 Å². The fourth-order valence-electron chi connectivity index (χ4n) is 3.31. The number of pyridine rings is 1. The van der Waals surface area contributed by atoms with Crippen LogP contribution in [0.1, 0.15) is 39.8 Å². The summed E-state index contributed by atoms with van der Waals surface area (Å²) in [5.74, 6) is -5.22. The van der Waals surface area contributed by atoms with Gasteiger partial charge < -0.3 is 20.1 Å². The molecule has 2 heterocycles. The Morgan fingerprint density at radius 3 is 2.61 bits per heavy atom. The Kier molecular flexibility index (Phi) is 6.16. The van der Waals surface area contributed by atoms with Gasteiger partial charge in [0.15, 0.2) is 11.4 Å². The first-order chi connectivity index (χ1) is 14.6. The number of hydrogen-bond acceptors (Lipinski definition) is 6. The van der Waals surface area contributed by atoms with Gasteiger partial charge in [-0.2, -0.15) is 0 Å². The average molecular weight is 435 g/mol. The van der Waals surface area contributed by atoms with E-state index in [0.717, 1.165) is 27.8 Å². The lowest BCUT2D eigenvalue weighted by atomic mass is 10.1. The Bertz CT molecular complexity index is 1130. The van der Waals surface area contributed by atoms with Crippen LogP contribution in [0.4, 0.5) is 8.78 Å². The first kappa shape index (κ1) is 22.1. The second-order valence-electron chi connectivity index (χ2n) is 7.05.